The molecule has 0 spiro atoms. The summed E-state index contributed by atoms with van der Waals surface area (Å²) in [5.74, 6) is 0. The quantitative estimate of drug-likeness (QED) is 0.689. The molecule has 1 aromatic rings. The summed E-state index contributed by atoms with van der Waals surface area (Å²) >= 11 is 5.85. The highest BCUT2D eigenvalue weighted by molar-refractivity contribution is 6.30. The standard InChI is InChI=1S/C10H10ClNO/c11-9-2-1-7-4-10(6-13)12-5-8(7)3-9/h1-3,6,10,12H,4-5H2. The zero-order valence-electron chi connectivity index (χ0n) is 7.09. The van der Waals surface area contributed by atoms with Gasteiger partial charge in [0.1, 0.15) is 6.29 Å². The van der Waals surface area contributed by atoms with E-state index in [2.05, 4.69) is 5.32 Å². The minimum absolute atomic E-state index is 0.0336. The highest BCUT2D eigenvalue weighted by atomic mass is 35.5. The number of aldehydes is 1. The first-order valence-corrected chi connectivity index (χ1v) is 4.63. The minimum Gasteiger partial charge on any atom is -0.303 e. The Balaban J connectivity index is 2.31. The van der Waals surface area contributed by atoms with Gasteiger partial charge in [-0.15, -0.1) is 0 Å². The Bertz CT molecular complexity index is 338. The average molecular weight is 196 g/mol. The van der Waals surface area contributed by atoms with E-state index in [9.17, 15) is 4.79 Å². The van der Waals surface area contributed by atoms with E-state index in [1.807, 2.05) is 18.2 Å². The van der Waals surface area contributed by atoms with Crippen molar-refractivity contribution in [2.24, 2.45) is 0 Å². The molecule has 1 aliphatic heterocycles. The fraction of sp³-hybridized carbons (Fsp3) is 0.300. The van der Waals surface area contributed by atoms with Crippen LogP contribution in [0.25, 0.3) is 0 Å². The summed E-state index contributed by atoms with van der Waals surface area (Å²) in [6, 6.07) is 5.78. The largest absolute Gasteiger partial charge is 0.303 e. The van der Waals surface area contributed by atoms with E-state index in [0.29, 0.717) is 0 Å². The topological polar surface area (TPSA) is 29.1 Å². The number of hydrogen-bond acceptors (Lipinski definition) is 2. The monoisotopic (exact) mass is 195 g/mol. The second kappa shape index (κ2) is 3.48. The summed E-state index contributed by atoms with van der Waals surface area (Å²) in [6.45, 7) is 0.735. The number of carbonyl (C=O) groups is 1. The van der Waals surface area contributed by atoms with Gasteiger partial charge in [-0.2, -0.15) is 0 Å². The maximum absolute atomic E-state index is 10.5. The number of carbonyl (C=O) groups excluding carboxylic acids is 1. The molecule has 68 valence electrons. The van der Waals surface area contributed by atoms with Gasteiger partial charge >= 0.3 is 0 Å². The van der Waals surface area contributed by atoms with Crippen molar-refractivity contribution in [1.82, 2.24) is 5.32 Å². The van der Waals surface area contributed by atoms with Crippen LogP contribution in [-0.2, 0) is 17.8 Å². The molecule has 1 aromatic carbocycles. The molecule has 1 heterocycles. The van der Waals surface area contributed by atoms with Crippen molar-refractivity contribution < 1.29 is 4.79 Å². The number of benzene rings is 1. The third kappa shape index (κ3) is 1.74. The summed E-state index contributed by atoms with van der Waals surface area (Å²) in [7, 11) is 0. The van der Waals surface area contributed by atoms with Crippen LogP contribution in [0.15, 0.2) is 18.2 Å². The minimum atomic E-state index is -0.0336. The van der Waals surface area contributed by atoms with E-state index >= 15 is 0 Å². The van der Waals surface area contributed by atoms with Gasteiger partial charge in [0.25, 0.3) is 0 Å². The fourth-order valence-corrected chi connectivity index (χ4v) is 1.80. The van der Waals surface area contributed by atoms with Gasteiger partial charge in [0.15, 0.2) is 0 Å². The van der Waals surface area contributed by atoms with E-state index in [1.54, 1.807) is 0 Å². The molecule has 2 rings (SSSR count). The van der Waals surface area contributed by atoms with E-state index in [1.165, 1.54) is 11.1 Å². The lowest BCUT2D eigenvalue weighted by Crippen LogP contribution is -2.36. The van der Waals surface area contributed by atoms with Crippen LogP contribution in [-0.4, -0.2) is 12.3 Å². The number of rotatable bonds is 1. The Morgan fingerprint density at radius 3 is 3.08 bits per heavy atom. The average Bonchev–Trinajstić information content (AvgIpc) is 2.17. The van der Waals surface area contributed by atoms with E-state index < -0.39 is 0 Å². The van der Waals surface area contributed by atoms with Crippen LogP contribution in [0.4, 0.5) is 0 Å². The van der Waals surface area contributed by atoms with E-state index in [4.69, 9.17) is 11.6 Å². The van der Waals surface area contributed by atoms with Crippen LogP contribution in [0, 0.1) is 0 Å². The Kier molecular flexibility index (Phi) is 2.34. The summed E-state index contributed by atoms with van der Waals surface area (Å²) in [4.78, 5) is 10.5. The molecule has 3 heteroatoms. The molecule has 1 aliphatic rings. The highest BCUT2D eigenvalue weighted by Gasteiger charge is 2.16. The number of halogens is 1. The first-order valence-electron chi connectivity index (χ1n) is 4.25. The molecule has 0 radical (unpaired) electrons. The third-order valence-corrected chi connectivity index (χ3v) is 2.56. The smallest absolute Gasteiger partial charge is 0.137 e. The molecular formula is C10H10ClNO. The van der Waals surface area contributed by atoms with Gasteiger partial charge in [0.2, 0.25) is 0 Å². The van der Waals surface area contributed by atoms with Crippen molar-refractivity contribution in [3.05, 3.63) is 34.3 Å². The molecule has 1 unspecified atom stereocenters. The lowest BCUT2D eigenvalue weighted by molar-refractivity contribution is -0.109. The molecule has 1 N–H and O–H groups in total. The van der Waals surface area contributed by atoms with Gasteiger partial charge in [-0.05, 0) is 29.7 Å². The van der Waals surface area contributed by atoms with Crippen LogP contribution in [0.3, 0.4) is 0 Å². The third-order valence-electron chi connectivity index (χ3n) is 2.33. The molecular weight excluding hydrogens is 186 g/mol. The van der Waals surface area contributed by atoms with Crippen molar-refractivity contribution in [2.75, 3.05) is 0 Å². The number of nitrogens with one attached hydrogen (secondary N) is 1. The van der Waals surface area contributed by atoms with Crippen LogP contribution in [0.1, 0.15) is 11.1 Å². The zero-order valence-corrected chi connectivity index (χ0v) is 7.84. The Hall–Kier alpha value is -0.860. The second-order valence-corrected chi connectivity index (χ2v) is 3.68. The molecule has 2 nitrogen and oxygen atoms in total. The van der Waals surface area contributed by atoms with Gasteiger partial charge < -0.3 is 10.1 Å². The number of fused-ring (bicyclic) bond motifs is 1. The summed E-state index contributed by atoms with van der Waals surface area (Å²) in [5.41, 5.74) is 2.42. The maximum Gasteiger partial charge on any atom is 0.137 e. The zero-order chi connectivity index (χ0) is 9.26. The predicted octanol–water partition coefficient (Wildman–Crippen LogP) is 1.55. The molecule has 0 aromatic heterocycles. The first kappa shape index (κ1) is 8.73. The normalized spacial score (nSPS) is 20.8. The van der Waals surface area contributed by atoms with Crippen LogP contribution < -0.4 is 5.32 Å². The summed E-state index contributed by atoms with van der Waals surface area (Å²) in [6.07, 6.45) is 1.73. The van der Waals surface area contributed by atoms with Crippen molar-refractivity contribution in [3.63, 3.8) is 0 Å². The predicted molar refractivity (Wildman–Crippen MR) is 51.8 cm³/mol. The SMILES string of the molecule is O=CC1Cc2ccc(Cl)cc2CN1. The van der Waals surface area contributed by atoms with E-state index in [0.717, 1.165) is 24.3 Å². The van der Waals surface area contributed by atoms with Gasteiger partial charge in [-0.3, -0.25) is 0 Å². The van der Waals surface area contributed by atoms with Crippen molar-refractivity contribution in [1.29, 1.82) is 0 Å². The van der Waals surface area contributed by atoms with E-state index in [-0.39, 0.29) is 6.04 Å². The second-order valence-electron chi connectivity index (χ2n) is 3.24. The molecule has 0 amide bonds. The maximum atomic E-state index is 10.5. The van der Waals surface area contributed by atoms with Crippen LogP contribution in [0.5, 0.6) is 0 Å². The Morgan fingerprint density at radius 2 is 2.31 bits per heavy atom. The van der Waals surface area contributed by atoms with Crippen molar-refractivity contribution >= 4 is 17.9 Å². The fourth-order valence-electron chi connectivity index (χ4n) is 1.60. The van der Waals surface area contributed by atoms with Crippen molar-refractivity contribution in [2.45, 2.75) is 19.0 Å². The van der Waals surface area contributed by atoms with Gasteiger partial charge in [-0.1, -0.05) is 17.7 Å². The Labute approximate surface area is 81.9 Å². The highest BCUT2D eigenvalue weighted by Crippen LogP contribution is 2.20. The lowest BCUT2D eigenvalue weighted by atomic mass is 9.97. The number of hydrogen-bond donors (Lipinski definition) is 1. The summed E-state index contributed by atoms with van der Waals surface area (Å²) in [5, 5.41) is 3.88. The molecule has 0 saturated carbocycles. The van der Waals surface area contributed by atoms with Crippen LogP contribution in [0.2, 0.25) is 5.02 Å². The molecule has 0 aliphatic carbocycles. The van der Waals surface area contributed by atoms with Crippen molar-refractivity contribution in [3.8, 4) is 0 Å². The Morgan fingerprint density at radius 1 is 1.46 bits per heavy atom. The molecule has 0 saturated heterocycles. The molecule has 0 bridgehead atoms. The van der Waals surface area contributed by atoms with Gasteiger partial charge in [0, 0.05) is 11.6 Å². The van der Waals surface area contributed by atoms with Gasteiger partial charge in [-0.25, -0.2) is 0 Å². The molecule has 13 heavy (non-hydrogen) atoms. The summed E-state index contributed by atoms with van der Waals surface area (Å²) < 4.78 is 0. The molecule has 0 fully saturated rings. The molecule has 1 atom stereocenters. The van der Waals surface area contributed by atoms with Gasteiger partial charge in [0.05, 0.1) is 6.04 Å². The van der Waals surface area contributed by atoms with Crippen LogP contribution >= 0.6 is 11.6 Å². The first-order chi connectivity index (χ1) is 6.29. The lowest BCUT2D eigenvalue weighted by Gasteiger charge is -2.21.